The van der Waals surface area contributed by atoms with Gasteiger partial charge in [-0.15, -0.1) is 9.36 Å². The monoisotopic (exact) mass is 382 g/mol. The molecular weight excluding hydrogens is 358 g/mol. The van der Waals surface area contributed by atoms with Crippen molar-refractivity contribution >= 4 is 23.3 Å². The molecule has 28 heavy (non-hydrogen) atoms. The lowest BCUT2D eigenvalue weighted by Gasteiger charge is -2.18. The normalized spacial score (nSPS) is 14.8. The number of aryl methyl sites for hydroxylation is 2. The van der Waals surface area contributed by atoms with Gasteiger partial charge in [0.25, 0.3) is 5.69 Å². The molecule has 1 aromatic carbocycles. The highest BCUT2D eigenvalue weighted by atomic mass is 16.2. The Balaban J connectivity index is 1.97. The molecule has 0 unspecified atom stereocenters. The predicted molar refractivity (Wildman–Crippen MR) is 105 cm³/mol. The van der Waals surface area contributed by atoms with Gasteiger partial charge in [0.2, 0.25) is 5.91 Å². The van der Waals surface area contributed by atoms with Gasteiger partial charge in [0.1, 0.15) is 19.4 Å². The standard InChI is InChI=1S/C19H23N7O2/c1-3-26-16(12-24(2)23-26)19(28)22-17-11-14-10-13(18(21)27)6-7-15(14)25(17)9-5-4-8-20/h4-7,10,12H,3,8-9,11,20H2,1-2H3,(H-,21,27)/p+1/b5-4+,22-17?. The number of hydrogen-bond acceptors (Lipinski definition) is 4. The van der Waals surface area contributed by atoms with Gasteiger partial charge in [-0.2, -0.15) is 4.99 Å². The van der Waals surface area contributed by atoms with Crippen molar-refractivity contribution in [2.75, 3.05) is 18.0 Å². The molecule has 4 N–H and O–H groups in total. The molecule has 2 amide bonds. The van der Waals surface area contributed by atoms with Crippen LogP contribution in [0, 0.1) is 0 Å². The molecule has 0 saturated carbocycles. The van der Waals surface area contributed by atoms with Crippen LogP contribution in [0.3, 0.4) is 0 Å². The Kier molecular flexibility index (Phi) is 5.65. The van der Waals surface area contributed by atoms with Crippen LogP contribution in [0.5, 0.6) is 0 Å². The molecule has 0 atom stereocenters. The number of carbonyl (C=O) groups is 2. The number of aromatic nitrogens is 3. The van der Waals surface area contributed by atoms with E-state index < -0.39 is 5.91 Å². The van der Waals surface area contributed by atoms with Gasteiger partial charge in [-0.3, -0.25) is 9.59 Å². The summed E-state index contributed by atoms with van der Waals surface area (Å²) < 4.78 is 3.19. The van der Waals surface area contributed by atoms with Crippen LogP contribution >= 0.6 is 0 Å². The van der Waals surface area contributed by atoms with Gasteiger partial charge in [-0.25, -0.2) is 0 Å². The van der Waals surface area contributed by atoms with E-state index in [-0.39, 0.29) is 5.91 Å². The average Bonchev–Trinajstić information content (AvgIpc) is 3.21. The summed E-state index contributed by atoms with van der Waals surface area (Å²) in [5, 5.41) is 4.23. The van der Waals surface area contributed by atoms with Crippen LogP contribution in [0.4, 0.5) is 5.69 Å². The highest BCUT2D eigenvalue weighted by Crippen LogP contribution is 2.30. The Morgan fingerprint density at radius 2 is 2.14 bits per heavy atom. The number of amides is 2. The summed E-state index contributed by atoms with van der Waals surface area (Å²) in [6.07, 6.45) is 5.86. The fourth-order valence-corrected chi connectivity index (χ4v) is 3.19. The van der Waals surface area contributed by atoms with Crippen molar-refractivity contribution in [1.29, 1.82) is 0 Å². The molecule has 0 radical (unpaired) electrons. The van der Waals surface area contributed by atoms with E-state index in [0.717, 1.165) is 11.3 Å². The molecule has 0 fully saturated rings. The minimum absolute atomic E-state index is 0.360. The number of hydrogen-bond donors (Lipinski definition) is 2. The van der Waals surface area contributed by atoms with Crippen molar-refractivity contribution < 1.29 is 14.3 Å². The summed E-state index contributed by atoms with van der Waals surface area (Å²) in [7, 11) is 1.76. The van der Waals surface area contributed by atoms with Crippen molar-refractivity contribution in [2.45, 2.75) is 19.9 Å². The number of carbonyl (C=O) groups excluding carboxylic acids is 2. The highest BCUT2D eigenvalue weighted by Gasteiger charge is 2.28. The second kappa shape index (κ2) is 8.13. The van der Waals surface area contributed by atoms with E-state index in [2.05, 4.69) is 10.2 Å². The minimum Gasteiger partial charge on any atom is -0.366 e. The third-order valence-electron chi connectivity index (χ3n) is 4.49. The third kappa shape index (κ3) is 3.84. The second-order valence-electron chi connectivity index (χ2n) is 6.43. The molecule has 2 aromatic rings. The molecule has 2 heterocycles. The van der Waals surface area contributed by atoms with E-state index in [0.29, 0.717) is 43.1 Å². The maximum atomic E-state index is 12.8. The van der Waals surface area contributed by atoms with Gasteiger partial charge < -0.3 is 16.4 Å². The molecule has 3 rings (SSSR count). The number of fused-ring (bicyclic) bond motifs is 1. The molecule has 9 nitrogen and oxygen atoms in total. The molecule has 0 bridgehead atoms. The first-order valence-corrected chi connectivity index (χ1v) is 9.05. The lowest BCUT2D eigenvalue weighted by atomic mass is 10.1. The number of primary amides is 1. The molecular formula is C19H24N7O2+. The Morgan fingerprint density at radius 1 is 1.36 bits per heavy atom. The summed E-state index contributed by atoms with van der Waals surface area (Å²) in [6, 6.07) is 5.26. The van der Waals surface area contributed by atoms with Crippen LogP contribution in [-0.2, 0) is 20.0 Å². The van der Waals surface area contributed by atoms with Gasteiger partial charge in [0, 0.05) is 30.8 Å². The SMILES string of the molecule is CCn1n[n+](C)cc1C(=O)N=C1Cc2cc(C(N)=O)ccc2N1C/C=C/CN. The number of nitrogens with zero attached hydrogens (tertiary/aromatic N) is 5. The summed E-state index contributed by atoms with van der Waals surface area (Å²) in [5.41, 5.74) is 13.6. The number of anilines is 1. The first-order valence-electron chi connectivity index (χ1n) is 9.05. The molecule has 0 aliphatic carbocycles. The van der Waals surface area contributed by atoms with Gasteiger partial charge in [0.05, 0.1) is 5.21 Å². The lowest BCUT2D eigenvalue weighted by molar-refractivity contribution is -0.732. The van der Waals surface area contributed by atoms with Crippen LogP contribution in [0.15, 0.2) is 41.5 Å². The minimum atomic E-state index is -0.488. The molecule has 9 heteroatoms. The number of rotatable bonds is 6. The van der Waals surface area contributed by atoms with Crippen LogP contribution in [0.1, 0.15) is 33.3 Å². The fourth-order valence-electron chi connectivity index (χ4n) is 3.19. The quantitative estimate of drug-likeness (QED) is 0.535. The molecule has 1 aliphatic heterocycles. The smallest absolute Gasteiger partial charge is 0.324 e. The Bertz CT molecular complexity index is 975. The second-order valence-corrected chi connectivity index (χ2v) is 6.43. The zero-order valence-corrected chi connectivity index (χ0v) is 16.0. The van der Waals surface area contributed by atoms with E-state index in [4.69, 9.17) is 11.5 Å². The summed E-state index contributed by atoms with van der Waals surface area (Å²) in [5.74, 6) is -0.242. The molecule has 1 aliphatic rings. The van der Waals surface area contributed by atoms with Gasteiger partial charge in [-0.1, -0.05) is 12.2 Å². The molecule has 0 spiro atoms. The fraction of sp³-hybridized carbons (Fsp3) is 0.316. The van der Waals surface area contributed by atoms with Gasteiger partial charge in [-0.05, 0) is 30.7 Å². The number of amidine groups is 1. The van der Waals surface area contributed by atoms with Crippen LogP contribution < -0.4 is 21.0 Å². The van der Waals surface area contributed by atoms with Crippen LogP contribution in [-0.4, -0.2) is 40.6 Å². The highest BCUT2D eigenvalue weighted by molar-refractivity contribution is 6.12. The van der Waals surface area contributed by atoms with E-state index in [9.17, 15) is 9.59 Å². The first kappa shape index (κ1) is 19.4. The first-order chi connectivity index (χ1) is 13.4. The van der Waals surface area contributed by atoms with Crippen LogP contribution in [0.2, 0.25) is 0 Å². The lowest BCUT2D eigenvalue weighted by Crippen LogP contribution is -2.30. The number of aliphatic imine (C=N–C) groups is 1. The molecule has 146 valence electrons. The maximum absolute atomic E-state index is 12.8. The van der Waals surface area contributed by atoms with Crippen molar-refractivity contribution in [1.82, 2.24) is 9.90 Å². The Morgan fingerprint density at radius 3 is 2.82 bits per heavy atom. The van der Waals surface area contributed by atoms with E-state index in [1.54, 1.807) is 34.7 Å². The third-order valence-corrected chi connectivity index (χ3v) is 4.49. The summed E-state index contributed by atoms with van der Waals surface area (Å²) >= 11 is 0. The average molecular weight is 382 g/mol. The zero-order chi connectivity index (χ0) is 20.3. The topological polar surface area (TPSA) is 123 Å². The van der Waals surface area contributed by atoms with Crippen molar-refractivity contribution in [2.24, 2.45) is 23.5 Å². The zero-order valence-electron chi connectivity index (χ0n) is 16.0. The Hall–Kier alpha value is -3.33. The van der Waals surface area contributed by atoms with E-state index in [1.807, 2.05) is 30.0 Å². The van der Waals surface area contributed by atoms with Crippen molar-refractivity contribution in [3.8, 4) is 0 Å². The van der Waals surface area contributed by atoms with E-state index in [1.165, 1.54) is 0 Å². The molecule has 0 saturated heterocycles. The van der Waals surface area contributed by atoms with Gasteiger partial charge in [0.15, 0.2) is 6.20 Å². The van der Waals surface area contributed by atoms with Crippen molar-refractivity contribution in [3.05, 3.63) is 53.4 Å². The van der Waals surface area contributed by atoms with E-state index >= 15 is 0 Å². The predicted octanol–water partition coefficient (Wildman–Crippen LogP) is -0.0573. The Labute approximate surface area is 162 Å². The summed E-state index contributed by atoms with van der Waals surface area (Å²) in [4.78, 5) is 30.6. The largest absolute Gasteiger partial charge is 0.366 e. The van der Waals surface area contributed by atoms with Crippen molar-refractivity contribution in [3.63, 3.8) is 0 Å². The molecule has 1 aromatic heterocycles. The maximum Gasteiger partial charge on any atom is 0.324 e. The van der Waals surface area contributed by atoms with Gasteiger partial charge >= 0.3 is 5.91 Å². The number of benzene rings is 1. The van der Waals surface area contributed by atoms with Crippen LogP contribution in [0.25, 0.3) is 0 Å². The number of nitrogens with two attached hydrogens (primary N) is 2. The summed E-state index contributed by atoms with van der Waals surface area (Å²) in [6.45, 7) is 3.43.